The third-order valence-corrected chi connectivity index (χ3v) is 5.46. The first-order valence-corrected chi connectivity index (χ1v) is 9.67. The van der Waals surface area contributed by atoms with Gasteiger partial charge in [-0.25, -0.2) is 13.4 Å². The Morgan fingerprint density at radius 3 is 2.37 bits per heavy atom. The number of oxazole rings is 1. The maximum atomic E-state index is 12.6. The average molecular weight is 380 g/mol. The highest BCUT2D eigenvalue weighted by Gasteiger charge is 2.19. The fourth-order valence-corrected chi connectivity index (χ4v) is 3.96. The van der Waals surface area contributed by atoms with Gasteiger partial charge in [0.2, 0.25) is 5.89 Å². The fraction of sp³-hybridized carbons (Fsp3) is 0.0500. The number of anilines is 1. The minimum absolute atomic E-state index is 0.0792. The van der Waals surface area contributed by atoms with Crippen molar-refractivity contribution in [2.75, 3.05) is 11.8 Å². The zero-order valence-electron chi connectivity index (χ0n) is 14.4. The molecule has 0 saturated carbocycles. The molecule has 0 spiro atoms. The summed E-state index contributed by atoms with van der Waals surface area (Å²) >= 11 is 0. The van der Waals surface area contributed by atoms with Crippen LogP contribution in [0.3, 0.4) is 0 Å². The molecule has 0 bridgehead atoms. The number of methoxy groups -OCH3 is 1. The van der Waals surface area contributed by atoms with E-state index in [4.69, 9.17) is 9.15 Å². The molecule has 0 aliphatic heterocycles. The van der Waals surface area contributed by atoms with E-state index in [0.717, 1.165) is 11.1 Å². The van der Waals surface area contributed by atoms with Crippen molar-refractivity contribution in [3.05, 3.63) is 72.8 Å². The molecule has 0 atom stereocenters. The van der Waals surface area contributed by atoms with Crippen LogP contribution in [0.5, 0.6) is 5.75 Å². The minimum atomic E-state index is -3.77. The number of benzene rings is 3. The van der Waals surface area contributed by atoms with Crippen molar-refractivity contribution in [1.82, 2.24) is 4.98 Å². The summed E-state index contributed by atoms with van der Waals surface area (Å²) in [6.07, 6.45) is 0. The molecule has 27 heavy (non-hydrogen) atoms. The molecule has 0 saturated heterocycles. The number of aromatic nitrogens is 1. The van der Waals surface area contributed by atoms with Crippen molar-refractivity contribution in [3.8, 4) is 17.2 Å². The van der Waals surface area contributed by atoms with Crippen LogP contribution in [0.15, 0.2) is 82.1 Å². The molecule has 136 valence electrons. The summed E-state index contributed by atoms with van der Waals surface area (Å²) in [5, 5.41) is 0. The number of ether oxygens (including phenoxy) is 1. The van der Waals surface area contributed by atoms with Gasteiger partial charge in [0.05, 0.1) is 7.11 Å². The molecule has 4 rings (SSSR count). The second kappa shape index (κ2) is 6.77. The maximum absolute atomic E-state index is 12.6. The summed E-state index contributed by atoms with van der Waals surface area (Å²) < 4.78 is 38.7. The quantitative estimate of drug-likeness (QED) is 0.558. The van der Waals surface area contributed by atoms with Crippen LogP contribution in [0.2, 0.25) is 0 Å². The molecule has 0 aliphatic carbocycles. The molecule has 1 aromatic heterocycles. The van der Waals surface area contributed by atoms with E-state index in [2.05, 4.69) is 9.71 Å². The molecule has 0 radical (unpaired) electrons. The predicted octanol–water partition coefficient (Wildman–Crippen LogP) is 4.30. The zero-order chi connectivity index (χ0) is 18.9. The highest BCUT2D eigenvalue weighted by Crippen LogP contribution is 2.28. The fourth-order valence-electron chi connectivity index (χ4n) is 2.73. The van der Waals surface area contributed by atoms with Gasteiger partial charge in [-0.05, 0) is 48.5 Å². The molecule has 1 N–H and O–H groups in total. The highest BCUT2D eigenvalue weighted by atomic mass is 32.2. The van der Waals surface area contributed by atoms with Crippen molar-refractivity contribution in [2.45, 2.75) is 4.90 Å². The summed E-state index contributed by atoms with van der Waals surface area (Å²) in [5.41, 5.74) is 2.66. The lowest BCUT2D eigenvalue weighted by molar-refractivity contribution is 0.403. The molecule has 1 heterocycles. The first-order valence-electron chi connectivity index (χ1n) is 8.19. The van der Waals surface area contributed by atoms with Gasteiger partial charge in [-0.3, -0.25) is 4.72 Å². The second-order valence-electron chi connectivity index (χ2n) is 5.82. The largest absolute Gasteiger partial charge is 0.495 e. The number of nitrogens with one attached hydrogen (secondary N) is 1. The Labute approximate surface area is 156 Å². The first-order chi connectivity index (χ1) is 13.1. The highest BCUT2D eigenvalue weighted by molar-refractivity contribution is 7.92. The Bertz CT molecular complexity index is 1170. The lowest BCUT2D eigenvalue weighted by Crippen LogP contribution is -2.13. The van der Waals surface area contributed by atoms with E-state index in [1.165, 1.54) is 13.2 Å². The van der Waals surface area contributed by atoms with Crippen LogP contribution >= 0.6 is 0 Å². The number of rotatable bonds is 5. The maximum Gasteiger partial charge on any atom is 0.265 e. The van der Waals surface area contributed by atoms with Gasteiger partial charge in [-0.15, -0.1) is 0 Å². The number of para-hydroxylation sites is 3. The Balaban J connectivity index is 1.60. The normalized spacial score (nSPS) is 11.4. The van der Waals surface area contributed by atoms with Gasteiger partial charge >= 0.3 is 0 Å². The van der Waals surface area contributed by atoms with Crippen LogP contribution < -0.4 is 9.46 Å². The van der Waals surface area contributed by atoms with E-state index in [1.54, 1.807) is 42.5 Å². The molecule has 6 nitrogen and oxygen atoms in total. The number of sulfonamides is 1. The molecule has 0 amide bonds. The molecular weight excluding hydrogens is 364 g/mol. The topological polar surface area (TPSA) is 81.4 Å². The van der Waals surface area contributed by atoms with Crippen molar-refractivity contribution in [3.63, 3.8) is 0 Å². The van der Waals surface area contributed by atoms with E-state index in [-0.39, 0.29) is 10.6 Å². The van der Waals surface area contributed by atoms with Crippen molar-refractivity contribution >= 4 is 26.8 Å². The first kappa shape index (κ1) is 17.1. The van der Waals surface area contributed by atoms with Gasteiger partial charge in [0.25, 0.3) is 10.0 Å². The van der Waals surface area contributed by atoms with Crippen LogP contribution in [-0.2, 0) is 10.0 Å². The van der Waals surface area contributed by atoms with Crippen LogP contribution in [0, 0.1) is 0 Å². The van der Waals surface area contributed by atoms with Crippen molar-refractivity contribution < 1.29 is 17.6 Å². The second-order valence-corrected chi connectivity index (χ2v) is 7.47. The van der Waals surface area contributed by atoms with Crippen LogP contribution in [0.1, 0.15) is 0 Å². The smallest absolute Gasteiger partial charge is 0.265 e. The van der Waals surface area contributed by atoms with E-state index in [9.17, 15) is 8.42 Å². The third-order valence-electron chi connectivity index (χ3n) is 4.04. The summed E-state index contributed by atoms with van der Waals surface area (Å²) in [6, 6.07) is 20.8. The summed E-state index contributed by atoms with van der Waals surface area (Å²) in [7, 11) is -2.33. The Kier molecular flexibility index (Phi) is 4.29. The Hall–Kier alpha value is -3.32. The summed E-state index contributed by atoms with van der Waals surface area (Å²) in [5.74, 6) is 0.767. The number of hydrogen-bond donors (Lipinski definition) is 1. The number of hydrogen-bond acceptors (Lipinski definition) is 5. The van der Waals surface area contributed by atoms with Gasteiger partial charge in [-0.2, -0.15) is 0 Å². The molecule has 0 aliphatic rings. The summed E-state index contributed by atoms with van der Waals surface area (Å²) in [6.45, 7) is 0. The molecular formula is C20H16N2O4S. The number of nitrogens with zero attached hydrogens (tertiary/aromatic N) is 1. The monoisotopic (exact) mass is 380 g/mol. The molecule has 7 heteroatoms. The van der Waals surface area contributed by atoms with Crippen molar-refractivity contribution in [1.29, 1.82) is 0 Å². The minimum Gasteiger partial charge on any atom is -0.495 e. The van der Waals surface area contributed by atoms with E-state index in [0.29, 0.717) is 17.2 Å². The SMILES string of the molecule is COc1ccccc1S(=O)(=O)Nc1ccc(-c2nc3ccccc3o2)cc1. The van der Waals surface area contributed by atoms with Crippen LogP contribution in [0.4, 0.5) is 5.69 Å². The summed E-state index contributed by atoms with van der Waals surface area (Å²) in [4.78, 5) is 4.51. The van der Waals surface area contributed by atoms with Gasteiger partial charge in [0.1, 0.15) is 16.2 Å². The van der Waals surface area contributed by atoms with Crippen molar-refractivity contribution in [2.24, 2.45) is 0 Å². The van der Waals surface area contributed by atoms with Gasteiger partial charge < -0.3 is 9.15 Å². The lowest BCUT2D eigenvalue weighted by Gasteiger charge is -2.11. The molecule has 0 unspecified atom stereocenters. The van der Waals surface area contributed by atoms with Gasteiger partial charge in [-0.1, -0.05) is 24.3 Å². The molecule has 4 aromatic rings. The van der Waals surface area contributed by atoms with E-state index >= 15 is 0 Å². The van der Waals surface area contributed by atoms with E-state index < -0.39 is 10.0 Å². The van der Waals surface area contributed by atoms with Crippen LogP contribution in [-0.4, -0.2) is 20.5 Å². The Morgan fingerprint density at radius 2 is 1.63 bits per heavy atom. The molecule has 0 fully saturated rings. The standard InChI is InChI=1S/C20H16N2O4S/c1-25-18-8-4-5-9-19(18)27(23,24)22-15-12-10-14(11-13-15)20-21-16-6-2-3-7-17(16)26-20/h2-13,22H,1H3. The number of fused-ring (bicyclic) bond motifs is 1. The zero-order valence-corrected chi connectivity index (χ0v) is 15.2. The average Bonchev–Trinajstić information content (AvgIpc) is 3.12. The van der Waals surface area contributed by atoms with E-state index in [1.807, 2.05) is 24.3 Å². The Morgan fingerprint density at radius 1 is 0.926 bits per heavy atom. The van der Waals surface area contributed by atoms with Gasteiger partial charge in [0.15, 0.2) is 5.58 Å². The predicted molar refractivity (Wildman–Crippen MR) is 103 cm³/mol. The molecule has 3 aromatic carbocycles. The van der Waals surface area contributed by atoms with Crippen LogP contribution in [0.25, 0.3) is 22.6 Å². The van der Waals surface area contributed by atoms with Gasteiger partial charge in [0, 0.05) is 11.3 Å². The third kappa shape index (κ3) is 3.37. The lowest BCUT2D eigenvalue weighted by atomic mass is 10.2.